The number of rotatable bonds is 4. The van der Waals surface area contributed by atoms with Crippen molar-refractivity contribution in [2.24, 2.45) is 0 Å². The van der Waals surface area contributed by atoms with Crippen molar-refractivity contribution in [3.63, 3.8) is 0 Å². The van der Waals surface area contributed by atoms with Gasteiger partial charge >= 0.3 is 5.97 Å². The van der Waals surface area contributed by atoms with Gasteiger partial charge in [-0.1, -0.05) is 0 Å². The lowest BCUT2D eigenvalue weighted by atomic mass is 10.2. The highest BCUT2D eigenvalue weighted by Gasteiger charge is 2.17. The molecule has 2 heterocycles. The third-order valence-electron chi connectivity index (χ3n) is 2.48. The Labute approximate surface area is 87.7 Å². The number of carbonyl (C=O) groups is 1. The fraction of sp³-hybridized carbons (Fsp3) is 0.600. The molecule has 0 amide bonds. The molecule has 2 rings (SSSR count). The van der Waals surface area contributed by atoms with Crippen molar-refractivity contribution in [1.82, 2.24) is 9.78 Å². The second kappa shape index (κ2) is 4.44. The predicted octanol–water partition coefficient (Wildman–Crippen LogP) is 1.21. The summed E-state index contributed by atoms with van der Waals surface area (Å²) >= 11 is 0. The van der Waals surface area contributed by atoms with E-state index in [2.05, 4.69) is 5.10 Å². The minimum Gasteiger partial charge on any atom is -0.481 e. The second-order valence-electron chi connectivity index (χ2n) is 3.69. The van der Waals surface area contributed by atoms with Gasteiger partial charge in [-0.2, -0.15) is 5.10 Å². The molecule has 0 bridgehead atoms. The Morgan fingerprint density at radius 3 is 3.27 bits per heavy atom. The van der Waals surface area contributed by atoms with Crippen molar-refractivity contribution in [3.8, 4) is 0 Å². The van der Waals surface area contributed by atoms with Crippen LogP contribution in [0.5, 0.6) is 0 Å². The summed E-state index contributed by atoms with van der Waals surface area (Å²) in [6.07, 6.45) is 6.36. The van der Waals surface area contributed by atoms with E-state index in [1.165, 1.54) is 0 Å². The van der Waals surface area contributed by atoms with Gasteiger partial charge in [-0.05, 0) is 24.8 Å². The SMILES string of the molecule is O=C(O)CCc1cnn(C2CCCO2)c1. The molecule has 1 fully saturated rings. The summed E-state index contributed by atoms with van der Waals surface area (Å²) in [6.45, 7) is 0.787. The molecule has 0 radical (unpaired) electrons. The molecule has 0 saturated carbocycles. The van der Waals surface area contributed by atoms with Crippen molar-refractivity contribution in [2.45, 2.75) is 31.9 Å². The molecule has 15 heavy (non-hydrogen) atoms. The van der Waals surface area contributed by atoms with E-state index in [1.807, 2.05) is 6.20 Å². The zero-order valence-corrected chi connectivity index (χ0v) is 8.43. The van der Waals surface area contributed by atoms with Gasteiger partial charge in [-0.15, -0.1) is 0 Å². The van der Waals surface area contributed by atoms with Crippen LogP contribution in [0.15, 0.2) is 12.4 Å². The lowest BCUT2D eigenvalue weighted by Crippen LogP contribution is -2.07. The van der Waals surface area contributed by atoms with Crippen LogP contribution in [0.3, 0.4) is 0 Å². The largest absolute Gasteiger partial charge is 0.481 e. The standard InChI is InChI=1S/C10H14N2O3/c13-10(14)4-3-8-6-11-12(7-8)9-2-1-5-15-9/h6-7,9H,1-5H2,(H,13,14). The fourth-order valence-corrected chi connectivity index (χ4v) is 1.68. The Kier molecular flexibility index (Phi) is 3.01. The van der Waals surface area contributed by atoms with Gasteiger partial charge in [0.1, 0.15) is 6.23 Å². The maximum absolute atomic E-state index is 10.4. The monoisotopic (exact) mass is 210 g/mol. The summed E-state index contributed by atoms with van der Waals surface area (Å²) in [5.74, 6) is -0.778. The van der Waals surface area contributed by atoms with E-state index in [0.29, 0.717) is 6.42 Å². The molecule has 0 spiro atoms. The van der Waals surface area contributed by atoms with Crippen LogP contribution >= 0.6 is 0 Å². The third-order valence-corrected chi connectivity index (χ3v) is 2.48. The van der Waals surface area contributed by atoms with Crippen molar-refractivity contribution >= 4 is 5.97 Å². The molecule has 1 unspecified atom stereocenters. The van der Waals surface area contributed by atoms with Crippen LogP contribution in [0.2, 0.25) is 0 Å². The number of hydrogen-bond donors (Lipinski definition) is 1. The Balaban J connectivity index is 1.94. The number of carboxylic acids is 1. The molecular formula is C10H14N2O3. The van der Waals surface area contributed by atoms with Gasteiger partial charge in [-0.3, -0.25) is 4.79 Å². The van der Waals surface area contributed by atoms with Crippen LogP contribution in [0.25, 0.3) is 0 Å². The van der Waals surface area contributed by atoms with E-state index in [4.69, 9.17) is 9.84 Å². The first-order chi connectivity index (χ1) is 7.25. The van der Waals surface area contributed by atoms with Crippen LogP contribution in [0.4, 0.5) is 0 Å². The number of nitrogens with zero attached hydrogens (tertiary/aromatic N) is 2. The highest BCUT2D eigenvalue weighted by Crippen LogP contribution is 2.22. The number of hydrogen-bond acceptors (Lipinski definition) is 3. The smallest absolute Gasteiger partial charge is 0.303 e. The lowest BCUT2D eigenvalue weighted by Gasteiger charge is -2.08. The van der Waals surface area contributed by atoms with E-state index < -0.39 is 5.97 Å². The van der Waals surface area contributed by atoms with Crippen molar-refractivity contribution in [2.75, 3.05) is 6.61 Å². The first-order valence-corrected chi connectivity index (χ1v) is 5.12. The summed E-state index contributed by atoms with van der Waals surface area (Å²) < 4.78 is 7.24. The van der Waals surface area contributed by atoms with E-state index in [0.717, 1.165) is 25.0 Å². The number of aryl methyl sites for hydroxylation is 1. The normalized spacial score (nSPS) is 20.7. The Hall–Kier alpha value is -1.36. The average molecular weight is 210 g/mol. The quantitative estimate of drug-likeness (QED) is 0.811. The summed E-state index contributed by atoms with van der Waals surface area (Å²) in [5.41, 5.74) is 0.952. The van der Waals surface area contributed by atoms with Gasteiger partial charge in [0.05, 0.1) is 6.20 Å². The summed E-state index contributed by atoms with van der Waals surface area (Å²) in [5, 5.41) is 12.7. The molecule has 5 nitrogen and oxygen atoms in total. The molecular weight excluding hydrogens is 196 g/mol. The molecule has 1 aliphatic rings. The van der Waals surface area contributed by atoms with E-state index >= 15 is 0 Å². The average Bonchev–Trinajstić information content (AvgIpc) is 2.85. The maximum Gasteiger partial charge on any atom is 0.303 e. The molecule has 1 aromatic rings. The lowest BCUT2D eigenvalue weighted by molar-refractivity contribution is -0.136. The van der Waals surface area contributed by atoms with Crippen LogP contribution in [0.1, 0.15) is 31.1 Å². The van der Waals surface area contributed by atoms with Gasteiger partial charge in [-0.25, -0.2) is 4.68 Å². The van der Waals surface area contributed by atoms with Gasteiger partial charge in [0.15, 0.2) is 0 Å². The topological polar surface area (TPSA) is 64.3 Å². The Bertz CT molecular complexity index is 342. The molecule has 0 aromatic carbocycles. The number of carboxylic acid groups (broad SMARTS) is 1. The molecule has 1 aliphatic heterocycles. The summed E-state index contributed by atoms with van der Waals surface area (Å²) in [6, 6.07) is 0. The van der Waals surface area contributed by atoms with Gasteiger partial charge < -0.3 is 9.84 Å². The predicted molar refractivity (Wildman–Crippen MR) is 52.4 cm³/mol. The van der Waals surface area contributed by atoms with Crippen LogP contribution in [0, 0.1) is 0 Å². The summed E-state index contributed by atoms with van der Waals surface area (Å²) in [7, 11) is 0. The third kappa shape index (κ3) is 2.56. The van der Waals surface area contributed by atoms with Crippen LogP contribution in [-0.4, -0.2) is 27.5 Å². The minimum absolute atomic E-state index is 0.0450. The molecule has 0 aliphatic carbocycles. The van der Waals surface area contributed by atoms with Crippen molar-refractivity contribution < 1.29 is 14.6 Å². The number of aliphatic carboxylic acids is 1. The van der Waals surface area contributed by atoms with Gasteiger partial charge in [0.2, 0.25) is 0 Å². The second-order valence-corrected chi connectivity index (χ2v) is 3.69. The van der Waals surface area contributed by atoms with E-state index in [1.54, 1.807) is 10.9 Å². The van der Waals surface area contributed by atoms with Gasteiger partial charge in [0.25, 0.3) is 0 Å². The van der Waals surface area contributed by atoms with Gasteiger partial charge in [0, 0.05) is 19.2 Å². The zero-order valence-electron chi connectivity index (χ0n) is 8.43. The first kappa shape index (κ1) is 10.2. The number of ether oxygens (including phenoxy) is 1. The molecule has 1 atom stereocenters. The zero-order chi connectivity index (χ0) is 10.7. The van der Waals surface area contributed by atoms with Crippen molar-refractivity contribution in [3.05, 3.63) is 18.0 Å². The molecule has 1 aromatic heterocycles. The van der Waals surface area contributed by atoms with Crippen LogP contribution in [-0.2, 0) is 16.0 Å². The van der Waals surface area contributed by atoms with Crippen LogP contribution < -0.4 is 0 Å². The molecule has 1 saturated heterocycles. The molecule has 82 valence electrons. The van der Waals surface area contributed by atoms with E-state index in [-0.39, 0.29) is 12.6 Å². The number of aromatic nitrogens is 2. The Morgan fingerprint density at radius 2 is 2.60 bits per heavy atom. The van der Waals surface area contributed by atoms with Crippen molar-refractivity contribution in [1.29, 1.82) is 0 Å². The first-order valence-electron chi connectivity index (χ1n) is 5.12. The Morgan fingerprint density at radius 1 is 1.73 bits per heavy atom. The molecule has 5 heteroatoms. The maximum atomic E-state index is 10.4. The highest BCUT2D eigenvalue weighted by molar-refractivity contribution is 5.67. The summed E-state index contributed by atoms with van der Waals surface area (Å²) in [4.78, 5) is 10.4. The van der Waals surface area contributed by atoms with E-state index in [9.17, 15) is 4.79 Å². The fourth-order valence-electron chi connectivity index (χ4n) is 1.68. The molecule has 1 N–H and O–H groups in total. The minimum atomic E-state index is -0.778. The highest BCUT2D eigenvalue weighted by atomic mass is 16.5.